The first-order chi connectivity index (χ1) is 5.68. The summed E-state index contributed by atoms with van der Waals surface area (Å²) in [6.07, 6.45) is 2.91. The molecule has 0 spiro atoms. The maximum atomic E-state index is 11.5. The van der Waals surface area contributed by atoms with Crippen LogP contribution in [0.25, 0.3) is 0 Å². The monoisotopic (exact) mass is 194 g/mol. The third-order valence-electron chi connectivity index (χ3n) is 0.900. The Balaban J connectivity index is 4.08. The predicted molar refractivity (Wildman–Crippen MR) is 46.8 cm³/mol. The number of hydrogen-bond donors (Lipinski definition) is 0. The van der Waals surface area contributed by atoms with Crippen molar-refractivity contribution in [3.63, 3.8) is 0 Å². The van der Waals surface area contributed by atoms with Gasteiger partial charge in [0.05, 0.1) is 19.5 Å². The van der Waals surface area contributed by atoms with Gasteiger partial charge in [-0.15, -0.1) is 0 Å². The molecule has 4 nitrogen and oxygen atoms in total. The maximum Gasteiger partial charge on any atom is 0.529 e. The van der Waals surface area contributed by atoms with Crippen molar-refractivity contribution in [2.45, 2.75) is 20.8 Å². The third-order valence-corrected chi connectivity index (χ3v) is 2.43. The van der Waals surface area contributed by atoms with Crippen molar-refractivity contribution in [3.8, 4) is 0 Å². The van der Waals surface area contributed by atoms with Crippen LogP contribution in [0, 0.1) is 0 Å². The fourth-order valence-corrected chi connectivity index (χ4v) is 1.65. The van der Waals surface area contributed by atoms with Crippen LogP contribution < -0.4 is 0 Å². The lowest BCUT2D eigenvalue weighted by molar-refractivity contribution is 0.153. The van der Waals surface area contributed by atoms with Crippen LogP contribution in [0.2, 0.25) is 0 Å². The second-order valence-corrected chi connectivity index (χ2v) is 3.48. The molecule has 0 aliphatic carbocycles. The second kappa shape index (κ2) is 6.23. The van der Waals surface area contributed by atoms with Crippen molar-refractivity contribution in [2.75, 3.05) is 13.2 Å². The van der Waals surface area contributed by atoms with Gasteiger partial charge in [-0.05, 0) is 20.8 Å². The lowest BCUT2D eigenvalue weighted by Crippen LogP contribution is -1.96. The lowest BCUT2D eigenvalue weighted by Gasteiger charge is -2.13. The van der Waals surface area contributed by atoms with Crippen LogP contribution in [-0.4, -0.2) is 13.2 Å². The molecule has 0 aromatic rings. The van der Waals surface area contributed by atoms with Gasteiger partial charge in [0, 0.05) is 0 Å². The van der Waals surface area contributed by atoms with Crippen LogP contribution >= 0.6 is 7.82 Å². The molecule has 0 aromatic heterocycles. The number of allylic oxidation sites excluding steroid dienone is 1. The second-order valence-electron chi connectivity index (χ2n) is 1.86. The highest BCUT2D eigenvalue weighted by molar-refractivity contribution is 7.48. The van der Waals surface area contributed by atoms with Crippen LogP contribution in [0.3, 0.4) is 0 Å². The average molecular weight is 194 g/mol. The molecule has 0 unspecified atom stereocenters. The topological polar surface area (TPSA) is 44.8 Å². The quantitative estimate of drug-likeness (QED) is 0.481. The standard InChI is InChI=1S/C7H15O4P/c1-4-7-11-12(8,9-5-2)10-6-3/h4,7H,5-6H2,1-3H3/b7-4-. The maximum absolute atomic E-state index is 11.5. The smallest absolute Gasteiger partial charge is 0.412 e. The summed E-state index contributed by atoms with van der Waals surface area (Å²) >= 11 is 0. The van der Waals surface area contributed by atoms with Crippen molar-refractivity contribution in [3.05, 3.63) is 12.3 Å². The number of phosphoric ester groups is 1. The van der Waals surface area contributed by atoms with Crippen molar-refractivity contribution in [2.24, 2.45) is 0 Å². The van der Waals surface area contributed by atoms with E-state index in [2.05, 4.69) is 0 Å². The summed E-state index contributed by atoms with van der Waals surface area (Å²) in [4.78, 5) is 0. The minimum Gasteiger partial charge on any atom is -0.412 e. The highest BCUT2D eigenvalue weighted by Gasteiger charge is 2.24. The van der Waals surface area contributed by atoms with E-state index < -0.39 is 7.82 Å². The van der Waals surface area contributed by atoms with Crippen molar-refractivity contribution in [1.82, 2.24) is 0 Å². The SMILES string of the molecule is C/C=C\OP(=O)(OCC)OCC. The first kappa shape index (κ1) is 11.7. The number of rotatable bonds is 6. The molecule has 0 aliphatic heterocycles. The van der Waals surface area contributed by atoms with Crippen molar-refractivity contribution < 1.29 is 18.1 Å². The average Bonchev–Trinajstić information content (AvgIpc) is 2.02. The summed E-state index contributed by atoms with van der Waals surface area (Å²) in [6.45, 7) is 5.81. The fourth-order valence-electron chi connectivity index (χ4n) is 0.550. The van der Waals surface area contributed by atoms with Crippen LogP contribution in [0.5, 0.6) is 0 Å². The van der Waals surface area contributed by atoms with E-state index in [0.29, 0.717) is 13.2 Å². The molecule has 0 heterocycles. The van der Waals surface area contributed by atoms with E-state index in [4.69, 9.17) is 13.6 Å². The van der Waals surface area contributed by atoms with Gasteiger partial charge in [-0.1, -0.05) is 6.08 Å². The summed E-state index contributed by atoms with van der Waals surface area (Å²) < 4.78 is 25.9. The van der Waals surface area contributed by atoms with Gasteiger partial charge in [0.1, 0.15) is 0 Å². The molecule has 0 radical (unpaired) electrons. The molecule has 0 amide bonds. The Hall–Kier alpha value is -0.310. The van der Waals surface area contributed by atoms with E-state index in [1.807, 2.05) is 0 Å². The summed E-state index contributed by atoms with van der Waals surface area (Å²) in [6, 6.07) is 0. The molecule has 0 saturated carbocycles. The molecule has 0 aliphatic rings. The van der Waals surface area contributed by atoms with Crippen molar-refractivity contribution in [1.29, 1.82) is 0 Å². The zero-order valence-electron chi connectivity index (χ0n) is 7.65. The molecular weight excluding hydrogens is 179 g/mol. The van der Waals surface area contributed by atoms with E-state index >= 15 is 0 Å². The van der Waals surface area contributed by atoms with Gasteiger partial charge in [0.2, 0.25) is 0 Å². The lowest BCUT2D eigenvalue weighted by atomic mass is 10.8. The van der Waals surface area contributed by atoms with E-state index in [1.54, 1.807) is 26.8 Å². The third kappa shape index (κ3) is 4.54. The fraction of sp³-hybridized carbons (Fsp3) is 0.714. The van der Waals surface area contributed by atoms with Gasteiger partial charge in [-0.2, -0.15) is 0 Å². The molecule has 0 atom stereocenters. The van der Waals surface area contributed by atoms with Gasteiger partial charge in [-0.3, -0.25) is 9.05 Å². The summed E-state index contributed by atoms with van der Waals surface area (Å²) in [5, 5.41) is 0. The molecule has 0 bridgehead atoms. The van der Waals surface area contributed by atoms with Gasteiger partial charge >= 0.3 is 7.82 Å². The normalized spacial score (nSPS) is 12.2. The van der Waals surface area contributed by atoms with E-state index in [9.17, 15) is 4.57 Å². The van der Waals surface area contributed by atoms with Crippen LogP contribution in [0.4, 0.5) is 0 Å². The highest BCUT2D eigenvalue weighted by atomic mass is 31.2. The molecular formula is C7H15O4P. The minimum absolute atomic E-state index is 0.300. The van der Waals surface area contributed by atoms with Crippen LogP contribution in [0.15, 0.2) is 12.3 Å². The Labute approximate surface area is 73.1 Å². The van der Waals surface area contributed by atoms with Gasteiger partial charge in [-0.25, -0.2) is 4.57 Å². The van der Waals surface area contributed by atoms with Gasteiger partial charge in [0.15, 0.2) is 0 Å². The number of hydrogen-bond acceptors (Lipinski definition) is 4. The van der Waals surface area contributed by atoms with E-state index in [1.165, 1.54) is 6.26 Å². The Morgan fingerprint density at radius 3 is 2.08 bits per heavy atom. The van der Waals surface area contributed by atoms with Crippen molar-refractivity contribution >= 4 is 7.82 Å². The number of phosphoric acid groups is 1. The first-order valence-corrected chi connectivity index (χ1v) is 5.33. The largest absolute Gasteiger partial charge is 0.529 e. The zero-order valence-corrected chi connectivity index (χ0v) is 8.54. The van der Waals surface area contributed by atoms with Crippen LogP contribution in [0.1, 0.15) is 20.8 Å². The Kier molecular flexibility index (Phi) is 6.07. The predicted octanol–water partition coefficient (Wildman–Crippen LogP) is 2.72. The molecule has 0 saturated heterocycles. The van der Waals surface area contributed by atoms with Gasteiger partial charge < -0.3 is 4.52 Å². The molecule has 0 aromatic carbocycles. The molecule has 0 rings (SSSR count). The zero-order chi connectivity index (χ0) is 9.45. The molecule has 5 heteroatoms. The summed E-state index contributed by atoms with van der Waals surface area (Å²) in [5.41, 5.74) is 0. The highest BCUT2D eigenvalue weighted by Crippen LogP contribution is 2.49. The summed E-state index contributed by atoms with van der Waals surface area (Å²) in [5.74, 6) is 0. The van der Waals surface area contributed by atoms with Crippen LogP contribution in [-0.2, 0) is 18.1 Å². The molecule has 12 heavy (non-hydrogen) atoms. The van der Waals surface area contributed by atoms with E-state index in [0.717, 1.165) is 0 Å². The van der Waals surface area contributed by atoms with Gasteiger partial charge in [0.25, 0.3) is 0 Å². The summed E-state index contributed by atoms with van der Waals surface area (Å²) in [7, 11) is -3.32. The van der Waals surface area contributed by atoms with E-state index in [-0.39, 0.29) is 0 Å². The first-order valence-electron chi connectivity index (χ1n) is 3.87. The Morgan fingerprint density at radius 1 is 1.25 bits per heavy atom. The molecule has 0 N–H and O–H groups in total. The minimum atomic E-state index is -3.32. The Morgan fingerprint density at radius 2 is 1.75 bits per heavy atom. The molecule has 72 valence electrons. The Bertz CT molecular complexity index is 168. The molecule has 0 fully saturated rings.